The molecule has 0 fully saturated rings. The van der Waals surface area contributed by atoms with E-state index in [1.807, 2.05) is 35.8 Å². The maximum atomic E-state index is 12.5. The quantitative estimate of drug-likeness (QED) is 0.212. The Labute approximate surface area is 209 Å². The highest BCUT2D eigenvalue weighted by Gasteiger charge is 2.20. The molecule has 1 aromatic heterocycles. The van der Waals surface area contributed by atoms with E-state index in [2.05, 4.69) is 50.0 Å². The highest BCUT2D eigenvalue weighted by Crippen LogP contribution is 2.22. The Hall–Kier alpha value is -2.37. The van der Waals surface area contributed by atoms with E-state index in [4.69, 9.17) is 11.6 Å². The third-order valence-corrected chi connectivity index (χ3v) is 6.30. The molecule has 2 N–H and O–H groups in total. The van der Waals surface area contributed by atoms with Crippen LogP contribution in [0.3, 0.4) is 0 Å². The van der Waals surface area contributed by atoms with Gasteiger partial charge in [0.25, 0.3) is 5.91 Å². The van der Waals surface area contributed by atoms with Crippen molar-refractivity contribution in [3.63, 3.8) is 0 Å². The van der Waals surface area contributed by atoms with Crippen molar-refractivity contribution in [3.8, 4) is 0 Å². The van der Waals surface area contributed by atoms with Crippen molar-refractivity contribution in [2.75, 3.05) is 11.1 Å². The van der Waals surface area contributed by atoms with Crippen LogP contribution in [0.15, 0.2) is 66.3 Å². The van der Waals surface area contributed by atoms with Gasteiger partial charge >= 0.3 is 0 Å². The van der Waals surface area contributed by atoms with Crippen LogP contribution >= 0.6 is 46.0 Å². The first-order valence-electron chi connectivity index (χ1n) is 9.66. The van der Waals surface area contributed by atoms with Crippen molar-refractivity contribution >= 4 is 63.5 Å². The van der Waals surface area contributed by atoms with Crippen LogP contribution in [-0.2, 0) is 11.3 Å². The second-order valence-electron chi connectivity index (χ2n) is 6.79. The fourth-order valence-corrected chi connectivity index (χ4v) is 4.07. The number of benzene rings is 2. The zero-order valence-corrected chi connectivity index (χ0v) is 20.9. The van der Waals surface area contributed by atoms with E-state index in [1.54, 1.807) is 30.3 Å². The number of amides is 2. The van der Waals surface area contributed by atoms with Crippen LogP contribution < -0.4 is 10.6 Å². The minimum Gasteiger partial charge on any atom is -0.342 e. The predicted molar refractivity (Wildman–Crippen MR) is 136 cm³/mol. The van der Waals surface area contributed by atoms with Gasteiger partial charge in [0.2, 0.25) is 5.91 Å². The van der Waals surface area contributed by atoms with Crippen molar-refractivity contribution in [1.29, 1.82) is 0 Å². The molecular weight excluding hydrogens is 561 g/mol. The number of aromatic nitrogens is 3. The summed E-state index contributed by atoms with van der Waals surface area (Å²) in [5, 5.41) is 15.4. The number of thioether (sulfide) groups is 1. The number of nitrogens with zero attached hydrogens (tertiary/aromatic N) is 3. The van der Waals surface area contributed by atoms with Crippen molar-refractivity contribution in [2.24, 2.45) is 0 Å². The lowest BCUT2D eigenvalue weighted by atomic mass is 10.2. The number of hydrogen-bond acceptors (Lipinski definition) is 5. The van der Waals surface area contributed by atoms with Gasteiger partial charge in [-0.1, -0.05) is 29.4 Å². The van der Waals surface area contributed by atoms with E-state index in [9.17, 15) is 9.59 Å². The smallest absolute Gasteiger partial charge is 0.251 e. The summed E-state index contributed by atoms with van der Waals surface area (Å²) in [5.41, 5.74) is 1.24. The van der Waals surface area contributed by atoms with Crippen LogP contribution in [0.25, 0.3) is 0 Å². The summed E-state index contributed by atoms with van der Waals surface area (Å²) in [4.78, 5) is 24.9. The summed E-state index contributed by atoms with van der Waals surface area (Å²) in [6.07, 6.45) is 1.72. The molecule has 0 bridgehead atoms. The number of carbonyl (C=O) groups is 2. The summed E-state index contributed by atoms with van der Waals surface area (Å²) < 4.78 is 2.93. The summed E-state index contributed by atoms with van der Waals surface area (Å²) in [5.74, 6) is 0.364. The molecule has 32 heavy (non-hydrogen) atoms. The number of allylic oxidation sites excluding steroid dienone is 1. The van der Waals surface area contributed by atoms with Gasteiger partial charge in [0, 0.05) is 26.4 Å². The zero-order valence-electron chi connectivity index (χ0n) is 17.2. The van der Waals surface area contributed by atoms with Crippen molar-refractivity contribution in [2.45, 2.75) is 24.7 Å². The summed E-state index contributed by atoms with van der Waals surface area (Å²) in [6.45, 7) is 6.06. The van der Waals surface area contributed by atoms with Crippen molar-refractivity contribution in [1.82, 2.24) is 20.1 Å². The lowest BCUT2D eigenvalue weighted by Crippen LogP contribution is -2.28. The normalized spacial score (nSPS) is 11.6. The van der Waals surface area contributed by atoms with E-state index in [0.717, 1.165) is 9.26 Å². The maximum absolute atomic E-state index is 12.5. The van der Waals surface area contributed by atoms with Gasteiger partial charge in [-0.25, -0.2) is 0 Å². The van der Waals surface area contributed by atoms with Gasteiger partial charge in [0.05, 0.1) is 11.8 Å². The largest absolute Gasteiger partial charge is 0.342 e. The average molecular weight is 582 g/mol. The molecule has 3 aromatic rings. The number of anilines is 1. The van der Waals surface area contributed by atoms with Gasteiger partial charge < -0.3 is 15.2 Å². The van der Waals surface area contributed by atoms with Gasteiger partial charge in [-0.05, 0) is 78.0 Å². The molecule has 0 aliphatic carbocycles. The number of nitrogens with one attached hydrogen (secondary N) is 2. The van der Waals surface area contributed by atoms with Crippen LogP contribution in [0, 0.1) is 3.57 Å². The standard InChI is InChI=1S/C22H21ClIN5O2S/c1-3-12-29-20(14(2)25-21(31)15-4-6-16(23)7-5-15)27-28-22(29)32-13-19(30)26-18-10-8-17(24)9-11-18/h3-11,14H,1,12-13H2,2H3,(H,25,31)(H,26,30)/t14-/m0/s1. The van der Waals surface area contributed by atoms with Gasteiger partial charge in [0.15, 0.2) is 11.0 Å². The highest BCUT2D eigenvalue weighted by atomic mass is 127. The lowest BCUT2D eigenvalue weighted by Gasteiger charge is -2.15. The third kappa shape index (κ3) is 6.57. The minimum atomic E-state index is -0.402. The first-order chi connectivity index (χ1) is 15.4. The molecule has 1 heterocycles. The molecular formula is C22H21ClIN5O2S. The maximum Gasteiger partial charge on any atom is 0.251 e. The monoisotopic (exact) mass is 581 g/mol. The topological polar surface area (TPSA) is 88.9 Å². The molecule has 0 aliphatic rings. The molecule has 0 aliphatic heterocycles. The summed E-state index contributed by atoms with van der Waals surface area (Å²) in [7, 11) is 0. The van der Waals surface area contributed by atoms with Crippen LogP contribution in [0.4, 0.5) is 5.69 Å². The van der Waals surface area contributed by atoms with Gasteiger partial charge in [-0.15, -0.1) is 16.8 Å². The average Bonchev–Trinajstić information content (AvgIpc) is 3.17. The molecule has 7 nitrogen and oxygen atoms in total. The first kappa shape index (κ1) is 24.3. The fraction of sp³-hybridized carbons (Fsp3) is 0.182. The second-order valence-corrected chi connectivity index (χ2v) is 9.41. The molecule has 0 saturated heterocycles. The summed E-state index contributed by atoms with van der Waals surface area (Å²) >= 11 is 9.37. The molecule has 0 radical (unpaired) electrons. The van der Waals surface area contributed by atoms with E-state index in [-0.39, 0.29) is 17.6 Å². The molecule has 1 atom stereocenters. The van der Waals surface area contributed by atoms with Crippen molar-refractivity contribution in [3.05, 3.63) is 81.2 Å². The molecule has 10 heteroatoms. The second kappa shape index (κ2) is 11.5. The molecule has 3 rings (SSSR count). The predicted octanol–water partition coefficient (Wildman–Crippen LogP) is 4.94. The Bertz CT molecular complexity index is 1100. The lowest BCUT2D eigenvalue weighted by molar-refractivity contribution is -0.113. The molecule has 0 spiro atoms. The number of halogens is 2. The molecule has 0 saturated carbocycles. The Kier molecular flexibility index (Phi) is 8.71. The van der Waals surface area contributed by atoms with Gasteiger partial charge in [-0.2, -0.15) is 0 Å². The van der Waals surface area contributed by atoms with Crippen molar-refractivity contribution < 1.29 is 9.59 Å². The Morgan fingerprint density at radius 3 is 2.53 bits per heavy atom. The molecule has 2 amide bonds. The van der Waals surface area contributed by atoms with E-state index >= 15 is 0 Å². The molecule has 2 aromatic carbocycles. The Balaban J connectivity index is 1.65. The fourth-order valence-electron chi connectivity index (χ4n) is 2.83. The van der Waals surface area contributed by atoms with Crippen LogP contribution in [-0.4, -0.2) is 32.3 Å². The van der Waals surface area contributed by atoms with Crippen LogP contribution in [0.2, 0.25) is 5.02 Å². The van der Waals surface area contributed by atoms with Crippen LogP contribution in [0.5, 0.6) is 0 Å². The minimum absolute atomic E-state index is 0.144. The van der Waals surface area contributed by atoms with E-state index in [1.165, 1.54) is 11.8 Å². The summed E-state index contributed by atoms with van der Waals surface area (Å²) in [6, 6.07) is 13.8. The van der Waals surface area contributed by atoms with Crippen LogP contribution in [0.1, 0.15) is 29.1 Å². The molecule has 0 unspecified atom stereocenters. The first-order valence-corrected chi connectivity index (χ1v) is 12.1. The highest BCUT2D eigenvalue weighted by molar-refractivity contribution is 14.1. The number of rotatable bonds is 9. The third-order valence-electron chi connectivity index (χ3n) is 4.36. The number of hydrogen-bond donors (Lipinski definition) is 2. The zero-order chi connectivity index (χ0) is 23.1. The SMILES string of the molecule is C=CCn1c(SCC(=O)Nc2ccc(I)cc2)nnc1[C@H](C)NC(=O)c1ccc(Cl)cc1. The Morgan fingerprint density at radius 2 is 1.88 bits per heavy atom. The van der Waals surface area contributed by atoms with E-state index in [0.29, 0.717) is 28.1 Å². The number of carbonyl (C=O) groups excluding carboxylic acids is 2. The Morgan fingerprint density at radius 1 is 1.19 bits per heavy atom. The van der Waals surface area contributed by atoms with Gasteiger partial charge in [0.1, 0.15) is 0 Å². The molecule has 166 valence electrons. The van der Waals surface area contributed by atoms with E-state index < -0.39 is 6.04 Å². The van der Waals surface area contributed by atoms with Gasteiger partial charge in [-0.3, -0.25) is 9.59 Å².